The Morgan fingerprint density at radius 2 is 1.46 bits per heavy atom. The Morgan fingerprint density at radius 1 is 0.923 bits per heavy atom. The number of rotatable bonds is 15. The highest BCUT2D eigenvalue weighted by atomic mass is 35.7. The molecular formula is C12H32Cl2O7Si5. The third-order valence-electron chi connectivity index (χ3n) is 2.90. The molecule has 0 aromatic heterocycles. The Hall–Kier alpha value is 1.12. The normalized spacial score (nSPS) is 15.7. The van der Waals surface area contributed by atoms with Gasteiger partial charge < -0.3 is 30.8 Å². The Morgan fingerprint density at radius 3 is 1.96 bits per heavy atom. The van der Waals surface area contributed by atoms with Crippen molar-refractivity contribution in [1.29, 1.82) is 0 Å². The van der Waals surface area contributed by atoms with Crippen LogP contribution in [0.4, 0.5) is 0 Å². The van der Waals surface area contributed by atoms with Gasteiger partial charge in [-0.05, 0) is 45.1 Å². The van der Waals surface area contributed by atoms with Gasteiger partial charge in [-0.2, -0.15) is 0 Å². The van der Waals surface area contributed by atoms with E-state index in [2.05, 4.69) is 6.58 Å². The standard InChI is InChI=1S/C12H32Cl2O7Si5/c1-6-7-8-9-10-11-12-26(13,14)21-23(20-25(4,5)17)18-22(15)19-24(2,3)16/h6,15-17,22-23H,1,7-12H2,2-5H3. The highest BCUT2D eigenvalue weighted by Crippen LogP contribution is 2.27. The van der Waals surface area contributed by atoms with Crippen LogP contribution in [0.1, 0.15) is 32.1 Å². The zero-order valence-electron chi connectivity index (χ0n) is 15.9. The Kier molecular flexibility index (Phi) is 13.2. The van der Waals surface area contributed by atoms with E-state index in [4.69, 9.17) is 38.6 Å². The van der Waals surface area contributed by atoms with E-state index in [1.165, 1.54) is 13.1 Å². The highest BCUT2D eigenvalue weighted by Gasteiger charge is 2.41. The number of halogens is 2. The average Bonchev–Trinajstić information content (AvgIpc) is 2.37. The molecule has 156 valence electrons. The zero-order valence-corrected chi connectivity index (χ0v) is 22.7. The van der Waals surface area contributed by atoms with E-state index in [0.29, 0.717) is 6.04 Å². The molecular weight excluding hydrogens is 467 g/mol. The first kappa shape index (κ1) is 27.1. The summed E-state index contributed by atoms with van der Waals surface area (Å²) in [4.78, 5) is 29.7. The lowest BCUT2D eigenvalue weighted by atomic mass is 10.1. The van der Waals surface area contributed by atoms with E-state index in [0.717, 1.165) is 32.1 Å². The quantitative estimate of drug-likeness (QED) is 0.138. The first-order chi connectivity index (χ1) is 11.7. The third kappa shape index (κ3) is 17.2. The number of hydrogen-bond acceptors (Lipinski definition) is 7. The molecule has 0 bridgehead atoms. The Bertz CT molecular complexity index is 406. The van der Waals surface area contributed by atoms with E-state index in [9.17, 15) is 14.4 Å². The van der Waals surface area contributed by atoms with Crippen molar-refractivity contribution in [3.8, 4) is 0 Å². The molecule has 0 saturated carbocycles. The van der Waals surface area contributed by atoms with Crippen LogP contribution >= 0.6 is 22.2 Å². The first-order valence-electron chi connectivity index (χ1n) is 8.54. The van der Waals surface area contributed by atoms with Crippen molar-refractivity contribution < 1.29 is 30.8 Å². The van der Waals surface area contributed by atoms with Gasteiger partial charge in [0.25, 0.3) is 0 Å². The summed E-state index contributed by atoms with van der Waals surface area (Å²) in [6.07, 6.45) is 6.80. The summed E-state index contributed by atoms with van der Waals surface area (Å²) in [6, 6.07) is 0.493. The molecule has 26 heavy (non-hydrogen) atoms. The Labute approximate surface area is 172 Å². The van der Waals surface area contributed by atoms with E-state index in [1.54, 1.807) is 13.1 Å². The summed E-state index contributed by atoms with van der Waals surface area (Å²) >= 11 is 12.7. The minimum atomic E-state index is -3.18. The van der Waals surface area contributed by atoms with Gasteiger partial charge in [-0.25, -0.2) is 0 Å². The van der Waals surface area contributed by atoms with Gasteiger partial charge >= 0.3 is 43.1 Å². The summed E-state index contributed by atoms with van der Waals surface area (Å²) in [5.74, 6) is 0. The van der Waals surface area contributed by atoms with E-state index in [-0.39, 0.29) is 0 Å². The van der Waals surface area contributed by atoms with Crippen LogP contribution in [0.5, 0.6) is 0 Å². The second-order valence-corrected chi connectivity index (χ2v) is 23.8. The predicted molar refractivity (Wildman–Crippen MR) is 116 cm³/mol. The predicted octanol–water partition coefficient (Wildman–Crippen LogP) is 2.42. The van der Waals surface area contributed by atoms with Crippen LogP contribution in [-0.4, -0.2) is 57.5 Å². The smallest absolute Gasteiger partial charge is 0.411 e. The fourth-order valence-corrected chi connectivity index (χ4v) is 13.6. The van der Waals surface area contributed by atoms with Crippen LogP contribution in [0.25, 0.3) is 0 Å². The van der Waals surface area contributed by atoms with Gasteiger partial charge in [0, 0.05) is 0 Å². The summed E-state index contributed by atoms with van der Waals surface area (Å²) in [7, 11) is -12.1. The van der Waals surface area contributed by atoms with Crippen LogP contribution in [0.15, 0.2) is 12.7 Å². The number of hydrogen-bond donors (Lipinski definition) is 3. The molecule has 2 atom stereocenters. The molecule has 0 fully saturated rings. The number of unbranched alkanes of at least 4 members (excludes halogenated alkanes) is 4. The van der Waals surface area contributed by atoms with Crippen LogP contribution in [0.3, 0.4) is 0 Å². The van der Waals surface area contributed by atoms with Gasteiger partial charge in [-0.3, -0.25) is 0 Å². The molecule has 0 aromatic carbocycles. The highest BCUT2D eigenvalue weighted by molar-refractivity contribution is 7.43. The molecule has 3 N–H and O–H groups in total. The van der Waals surface area contributed by atoms with Gasteiger partial charge in [0.2, 0.25) is 0 Å². The third-order valence-corrected chi connectivity index (χ3v) is 16.7. The van der Waals surface area contributed by atoms with Gasteiger partial charge in [0.15, 0.2) is 0 Å². The van der Waals surface area contributed by atoms with Crippen LogP contribution in [-0.2, 0) is 16.5 Å². The topological polar surface area (TPSA) is 97.6 Å². The fourth-order valence-electron chi connectivity index (χ4n) is 1.86. The molecule has 0 spiro atoms. The van der Waals surface area contributed by atoms with Gasteiger partial charge in [0.05, 0.1) is 0 Å². The summed E-state index contributed by atoms with van der Waals surface area (Å²) in [5, 5.41) is 0. The molecule has 0 aromatic rings. The minimum absolute atomic E-state index is 0.493. The molecule has 2 unspecified atom stereocenters. The van der Waals surface area contributed by atoms with Crippen molar-refractivity contribution in [2.75, 3.05) is 0 Å². The van der Waals surface area contributed by atoms with Crippen molar-refractivity contribution in [2.24, 2.45) is 0 Å². The number of allylic oxidation sites excluding steroid dienone is 1. The molecule has 0 aliphatic rings. The molecule has 0 amide bonds. The van der Waals surface area contributed by atoms with Crippen LogP contribution < -0.4 is 0 Å². The lowest BCUT2D eigenvalue weighted by Crippen LogP contribution is -2.50. The molecule has 0 rings (SSSR count). The molecule has 0 aliphatic heterocycles. The second-order valence-electron chi connectivity index (χ2n) is 6.86. The summed E-state index contributed by atoms with van der Waals surface area (Å²) in [6.45, 7) is 6.68. The first-order valence-corrected chi connectivity index (χ1v) is 21.3. The van der Waals surface area contributed by atoms with Crippen molar-refractivity contribution in [3.05, 3.63) is 12.7 Å². The van der Waals surface area contributed by atoms with Gasteiger partial charge in [-0.1, -0.05) is 25.3 Å². The molecule has 0 saturated heterocycles. The van der Waals surface area contributed by atoms with Crippen molar-refractivity contribution >= 4 is 65.3 Å². The van der Waals surface area contributed by atoms with Gasteiger partial charge in [-0.15, -0.1) is 28.7 Å². The maximum atomic E-state index is 9.99. The fraction of sp³-hybridized carbons (Fsp3) is 0.833. The van der Waals surface area contributed by atoms with Crippen molar-refractivity contribution in [1.82, 2.24) is 0 Å². The summed E-state index contributed by atoms with van der Waals surface area (Å²) < 4.78 is 21.7. The molecule has 0 heterocycles. The van der Waals surface area contributed by atoms with E-state index >= 15 is 0 Å². The monoisotopic (exact) mass is 498 g/mol. The molecule has 14 heteroatoms. The molecule has 0 radical (unpaired) electrons. The van der Waals surface area contributed by atoms with E-state index < -0.39 is 43.1 Å². The average molecular weight is 500 g/mol. The van der Waals surface area contributed by atoms with Crippen LogP contribution in [0, 0.1) is 0 Å². The van der Waals surface area contributed by atoms with E-state index in [1.807, 2.05) is 6.08 Å². The maximum absolute atomic E-state index is 9.99. The molecule has 7 nitrogen and oxygen atoms in total. The van der Waals surface area contributed by atoms with Crippen molar-refractivity contribution in [2.45, 2.75) is 64.3 Å². The second kappa shape index (κ2) is 12.6. The Balaban J connectivity index is 4.60. The lowest BCUT2D eigenvalue weighted by Gasteiger charge is -2.29. The summed E-state index contributed by atoms with van der Waals surface area (Å²) in [5.41, 5.74) is 0. The lowest BCUT2D eigenvalue weighted by molar-refractivity contribution is 0.202. The molecule has 0 aliphatic carbocycles. The SMILES string of the molecule is C=CCCCCCC[Si](Cl)(Cl)O[SiH](O[SiH](O)O[Si](C)(C)O)O[Si](C)(C)O. The maximum Gasteiger partial charge on any atom is 0.464 e. The van der Waals surface area contributed by atoms with Crippen molar-refractivity contribution in [3.63, 3.8) is 0 Å². The van der Waals surface area contributed by atoms with Gasteiger partial charge in [0.1, 0.15) is 0 Å². The largest absolute Gasteiger partial charge is 0.464 e. The van der Waals surface area contributed by atoms with Crippen LogP contribution in [0.2, 0.25) is 32.2 Å². The minimum Gasteiger partial charge on any atom is -0.411 e. The zero-order chi connectivity index (χ0) is 20.4.